The van der Waals surface area contributed by atoms with Gasteiger partial charge in [0.25, 0.3) is 5.91 Å². The largest absolute Gasteiger partial charge is 0.484 e. The minimum Gasteiger partial charge on any atom is -0.484 e. The molecule has 0 aromatic heterocycles. The average molecular weight is 223 g/mol. The maximum Gasteiger partial charge on any atom is 0.307 e. The van der Waals surface area contributed by atoms with Crippen molar-refractivity contribution in [2.75, 3.05) is 13.7 Å². The molecule has 0 heterocycles. The van der Waals surface area contributed by atoms with Crippen LogP contribution in [0.2, 0.25) is 0 Å². The number of nitrogens with one attached hydrogen (secondary N) is 1. The first-order valence-corrected chi connectivity index (χ1v) is 4.76. The van der Waals surface area contributed by atoms with E-state index >= 15 is 0 Å². The lowest BCUT2D eigenvalue weighted by molar-refractivity contribution is -0.136. The molecule has 0 aliphatic heterocycles. The molecule has 0 bridgehead atoms. The summed E-state index contributed by atoms with van der Waals surface area (Å²) in [5, 5.41) is 11.0. The number of rotatable bonds is 5. The minimum absolute atomic E-state index is 0.0181. The summed E-state index contributed by atoms with van der Waals surface area (Å²) in [6, 6.07) is 6.60. The molecule has 0 unspecified atom stereocenters. The highest BCUT2D eigenvalue weighted by Gasteiger charge is 2.02. The Morgan fingerprint density at radius 1 is 1.31 bits per heavy atom. The summed E-state index contributed by atoms with van der Waals surface area (Å²) in [7, 11) is 1.53. The Hall–Kier alpha value is -2.04. The van der Waals surface area contributed by atoms with Crippen LogP contribution in [0.15, 0.2) is 24.3 Å². The van der Waals surface area contributed by atoms with Crippen LogP contribution < -0.4 is 10.1 Å². The van der Waals surface area contributed by atoms with Crippen molar-refractivity contribution in [1.82, 2.24) is 5.32 Å². The number of hydrogen-bond donors (Lipinski definition) is 2. The first-order chi connectivity index (χ1) is 7.61. The van der Waals surface area contributed by atoms with E-state index in [1.165, 1.54) is 7.05 Å². The van der Waals surface area contributed by atoms with E-state index in [4.69, 9.17) is 9.84 Å². The molecule has 0 spiro atoms. The van der Waals surface area contributed by atoms with Gasteiger partial charge in [-0.05, 0) is 17.7 Å². The monoisotopic (exact) mass is 223 g/mol. The van der Waals surface area contributed by atoms with E-state index in [2.05, 4.69) is 5.32 Å². The summed E-state index contributed by atoms with van der Waals surface area (Å²) in [4.78, 5) is 21.3. The van der Waals surface area contributed by atoms with Crippen molar-refractivity contribution < 1.29 is 19.4 Å². The molecule has 0 atom stereocenters. The predicted molar refractivity (Wildman–Crippen MR) is 57.3 cm³/mol. The third-order valence-electron chi connectivity index (χ3n) is 1.93. The number of carbonyl (C=O) groups excluding carboxylic acids is 1. The van der Waals surface area contributed by atoms with Crippen LogP contribution >= 0.6 is 0 Å². The summed E-state index contributed by atoms with van der Waals surface area (Å²) in [6.45, 7) is -0.0468. The van der Waals surface area contributed by atoms with Crippen molar-refractivity contribution in [1.29, 1.82) is 0 Å². The highest BCUT2D eigenvalue weighted by Crippen LogP contribution is 2.12. The number of aliphatic carboxylic acids is 1. The number of carboxylic acids is 1. The van der Waals surface area contributed by atoms with Crippen LogP contribution in [0.4, 0.5) is 0 Å². The molecule has 0 aliphatic carbocycles. The molecule has 0 saturated carbocycles. The van der Waals surface area contributed by atoms with Gasteiger partial charge in [-0.25, -0.2) is 0 Å². The molecule has 1 amide bonds. The Morgan fingerprint density at radius 3 is 2.44 bits per heavy atom. The van der Waals surface area contributed by atoms with Gasteiger partial charge in [0.1, 0.15) is 5.75 Å². The third kappa shape index (κ3) is 4.00. The molecule has 5 heteroatoms. The van der Waals surface area contributed by atoms with Crippen molar-refractivity contribution in [2.45, 2.75) is 6.42 Å². The van der Waals surface area contributed by atoms with Gasteiger partial charge in [0, 0.05) is 7.05 Å². The molecule has 2 N–H and O–H groups in total. The Bertz CT molecular complexity index is 372. The van der Waals surface area contributed by atoms with E-state index in [9.17, 15) is 9.59 Å². The molecular weight excluding hydrogens is 210 g/mol. The molecule has 86 valence electrons. The molecule has 0 aliphatic rings. The zero-order valence-electron chi connectivity index (χ0n) is 8.90. The molecule has 5 nitrogen and oxygen atoms in total. The number of ether oxygens (including phenoxy) is 1. The van der Waals surface area contributed by atoms with Crippen LogP contribution in [0.25, 0.3) is 0 Å². The van der Waals surface area contributed by atoms with Gasteiger partial charge in [-0.3, -0.25) is 9.59 Å². The minimum atomic E-state index is -0.876. The van der Waals surface area contributed by atoms with E-state index in [-0.39, 0.29) is 18.9 Å². The summed E-state index contributed by atoms with van der Waals surface area (Å²) >= 11 is 0. The number of carbonyl (C=O) groups is 2. The molecule has 0 radical (unpaired) electrons. The maximum absolute atomic E-state index is 10.9. The highest BCUT2D eigenvalue weighted by atomic mass is 16.5. The van der Waals surface area contributed by atoms with Gasteiger partial charge in [-0.15, -0.1) is 0 Å². The molecule has 1 aromatic rings. The molecule has 0 fully saturated rings. The second-order valence-corrected chi connectivity index (χ2v) is 3.18. The lowest BCUT2D eigenvalue weighted by Gasteiger charge is -2.05. The zero-order chi connectivity index (χ0) is 12.0. The number of benzene rings is 1. The second-order valence-electron chi connectivity index (χ2n) is 3.18. The first kappa shape index (κ1) is 12.0. The van der Waals surface area contributed by atoms with Gasteiger partial charge in [0.2, 0.25) is 0 Å². The SMILES string of the molecule is CNC(=O)COc1ccc(CC(=O)O)cc1. The highest BCUT2D eigenvalue weighted by molar-refractivity contribution is 5.77. The average Bonchev–Trinajstić information content (AvgIpc) is 2.27. The summed E-state index contributed by atoms with van der Waals surface area (Å²) in [5.74, 6) is -0.550. The number of carboxylic acid groups (broad SMARTS) is 1. The van der Waals surface area contributed by atoms with Crippen LogP contribution in [-0.4, -0.2) is 30.6 Å². The van der Waals surface area contributed by atoms with E-state index in [1.807, 2.05) is 0 Å². The van der Waals surface area contributed by atoms with Crippen molar-refractivity contribution in [3.8, 4) is 5.75 Å². The summed E-state index contributed by atoms with van der Waals surface area (Å²) < 4.78 is 5.16. The molecule has 16 heavy (non-hydrogen) atoms. The van der Waals surface area contributed by atoms with E-state index in [0.717, 1.165) is 0 Å². The quantitative estimate of drug-likeness (QED) is 0.759. The molecular formula is C11H13NO4. The van der Waals surface area contributed by atoms with Crippen LogP contribution in [0.1, 0.15) is 5.56 Å². The van der Waals surface area contributed by atoms with Crippen molar-refractivity contribution in [3.05, 3.63) is 29.8 Å². The topological polar surface area (TPSA) is 75.6 Å². The lowest BCUT2D eigenvalue weighted by atomic mass is 10.1. The summed E-state index contributed by atoms with van der Waals surface area (Å²) in [5.41, 5.74) is 0.694. The van der Waals surface area contributed by atoms with Gasteiger partial charge in [0.05, 0.1) is 6.42 Å². The van der Waals surface area contributed by atoms with E-state index in [1.54, 1.807) is 24.3 Å². The standard InChI is InChI=1S/C11H13NO4/c1-12-10(13)7-16-9-4-2-8(3-5-9)6-11(14)15/h2-5H,6-7H2,1H3,(H,12,13)(H,14,15). The number of likely N-dealkylation sites (N-methyl/N-ethyl adjacent to an activating group) is 1. The van der Waals surface area contributed by atoms with Crippen molar-refractivity contribution in [3.63, 3.8) is 0 Å². The fourth-order valence-electron chi connectivity index (χ4n) is 1.10. The Kier molecular flexibility index (Phi) is 4.32. The summed E-state index contributed by atoms with van der Waals surface area (Å²) in [6.07, 6.45) is -0.0181. The molecule has 1 aromatic carbocycles. The Morgan fingerprint density at radius 2 is 1.94 bits per heavy atom. The Balaban J connectivity index is 2.51. The lowest BCUT2D eigenvalue weighted by Crippen LogP contribution is -2.24. The molecule has 1 rings (SSSR count). The second kappa shape index (κ2) is 5.75. The fourth-order valence-corrected chi connectivity index (χ4v) is 1.10. The third-order valence-corrected chi connectivity index (χ3v) is 1.93. The number of amides is 1. The smallest absolute Gasteiger partial charge is 0.307 e. The fraction of sp³-hybridized carbons (Fsp3) is 0.273. The molecule has 0 saturated heterocycles. The van der Waals surface area contributed by atoms with Crippen molar-refractivity contribution >= 4 is 11.9 Å². The van der Waals surface area contributed by atoms with Gasteiger partial charge < -0.3 is 15.2 Å². The van der Waals surface area contributed by atoms with Gasteiger partial charge in [0.15, 0.2) is 6.61 Å². The normalized spacial score (nSPS) is 9.56. The van der Waals surface area contributed by atoms with E-state index < -0.39 is 5.97 Å². The predicted octanol–water partition coefficient (Wildman–Crippen LogP) is 0.438. The van der Waals surface area contributed by atoms with Crippen molar-refractivity contribution in [2.24, 2.45) is 0 Å². The van der Waals surface area contributed by atoms with Gasteiger partial charge >= 0.3 is 5.97 Å². The van der Waals surface area contributed by atoms with Gasteiger partial charge in [-0.1, -0.05) is 12.1 Å². The first-order valence-electron chi connectivity index (χ1n) is 4.76. The van der Waals surface area contributed by atoms with Gasteiger partial charge in [-0.2, -0.15) is 0 Å². The van der Waals surface area contributed by atoms with Crippen LogP contribution in [0, 0.1) is 0 Å². The van der Waals surface area contributed by atoms with Crippen LogP contribution in [0.3, 0.4) is 0 Å². The maximum atomic E-state index is 10.9. The van der Waals surface area contributed by atoms with Crippen LogP contribution in [-0.2, 0) is 16.0 Å². The number of hydrogen-bond acceptors (Lipinski definition) is 3. The van der Waals surface area contributed by atoms with Crippen LogP contribution in [0.5, 0.6) is 5.75 Å². The zero-order valence-corrected chi connectivity index (χ0v) is 8.90. The Labute approximate surface area is 93.0 Å². The van der Waals surface area contributed by atoms with E-state index in [0.29, 0.717) is 11.3 Å².